The van der Waals surface area contributed by atoms with Gasteiger partial charge >= 0.3 is 13.8 Å². The second kappa shape index (κ2) is 37.4. The molecule has 0 saturated heterocycles. The number of carbonyl (C=O) groups excluding carboxylic acids is 1. The van der Waals surface area contributed by atoms with Gasteiger partial charge in [-0.25, -0.2) is 4.57 Å². The summed E-state index contributed by atoms with van der Waals surface area (Å²) in [5.41, 5.74) is 0. The third-order valence-corrected chi connectivity index (χ3v) is 12.1. The minimum absolute atomic E-state index is 0.0783. The molecular weight excluding hydrogens is 775 g/mol. The molecule has 0 heterocycles. The number of allylic oxidation sites excluding steroid dienone is 4. The quantitative estimate of drug-likeness (QED) is 0.0148. The standard InChI is InChI=1S/C46H87O12P/c1-3-5-7-9-11-13-15-17-19-21-23-25-27-29-31-33-35-40(47)57-39(38-56-59(53,54)58-46-44(51)42(49)41(48)43(50)45(46)52)37-55-36-34-32-30-28-26-24-22-20-18-16-14-12-10-8-6-4-2/h13,15,19,21,39,41-46,48-52H,3-12,14,16-18,20,22-38H2,1-2H3,(H,53,54)/b15-13-,21-19-. The van der Waals surface area contributed by atoms with Crippen molar-refractivity contribution in [3.8, 4) is 0 Å². The molecule has 59 heavy (non-hydrogen) atoms. The summed E-state index contributed by atoms with van der Waals surface area (Å²) in [5.74, 6) is -0.488. The molecule has 6 N–H and O–H groups in total. The molecule has 348 valence electrons. The van der Waals surface area contributed by atoms with Crippen molar-refractivity contribution in [3.05, 3.63) is 24.3 Å². The van der Waals surface area contributed by atoms with Gasteiger partial charge in [-0.15, -0.1) is 0 Å². The Morgan fingerprint density at radius 3 is 1.44 bits per heavy atom. The van der Waals surface area contributed by atoms with E-state index in [2.05, 4.69) is 38.2 Å². The average molecular weight is 863 g/mol. The Kier molecular flexibility index (Phi) is 35.4. The smallest absolute Gasteiger partial charge is 0.457 e. The summed E-state index contributed by atoms with van der Waals surface area (Å²) < 4.78 is 34.2. The van der Waals surface area contributed by atoms with Crippen LogP contribution in [0.15, 0.2) is 24.3 Å². The Balaban J connectivity index is 2.39. The number of aliphatic hydroxyl groups is 5. The minimum atomic E-state index is -5.02. The molecule has 0 aliphatic heterocycles. The van der Waals surface area contributed by atoms with Gasteiger partial charge in [0, 0.05) is 13.0 Å². The predicted molar refractivity (Wildman–Crippen MR) is 235 cm³/mol. The summed E-state index contributed by atoms with van der Waals surface area (Å²) in [6.07, 6.45) is 29.5. The molecule has 0 bridgehead atoms. The summed E-state index contributed by atoms with van der Waals surface area (Å²) in [6, 6.07) is 0. The van der Waals surface area contributed by atoms with Crippen LogP contribution in [-0.4, -0.2) is 98.9 Å². The van der Waals surface area contributed by atoms with Gasteiger partial charge < -0.3 is 39.9 Å². The van der Waals surface area contributed by atoms with Crippen molar-refractivity contribution in [1.82, 2.24) is 0 Å². The second-order valence-corrected chi connectivity index (χ2v) is 18.0. The molecule has 0 aromatic rings. The molecule has 0 amide bonds. The van der Waals surface area contributed by atoms with Gasteiger partial charge in [0.05, 0.1) is 13.2 Å². The highest BCUT2D eigenvalue weighted by Gasteiger charge is 2.51. The number of esters is 1. The van der Waals surface area contributed by atoms with Gasteiger partial charge in [-0.1, -0.05) is 173 Å². The Hall–Kier alpha value is -1.18. The van der Waals surface area contributed by atoms with Crippen LogP contribution in [-0.2, 0) is 27.9 Å². The monoisotopic (exact) mass is 863 g/mol. The Bertz CT molecular complexity index is 1070. The zero-order valence-electron chi connectivity index (χ0n) is 37.1. The molecule has 1 saturated carbocycles. The van der Waals surface area contributed by atoms with Crippen molar-refractivity contribution in [2.24, 2.45) is 0 Å². The van der Waals surface area contributed by atoms with Gasteiger partial charge in [0.2, 0.25) is 0 Å². The van der Waals surface area contributed by atoms with E-state index in [4.69, 9.17) is 18.5 Å². The van der Waals surface area contributed by atoms with Crippen molar-refractivity contribution < 1.29 is 58.3 Å². The van der Waals surface area contributed by atoms with Crippen LogP contribution in [0.3, 0.4) is 0 Å². The van der Waals surface area contributed by atoms with Crippen LogP contribution in [0.2, 0.25) is 0 Å². The van der Waals surface area contributed by atoms with Gasteiger partial charge in [-0.3, -0.25) is 13.8 Å². The highest BCUT2D eigenvalue weighted by molar-refractivity contribution is 7.47. The fourth-order valence-corrected chi connectivity index (χ4v) is 8.24. The van der Waals surface area contributed by atoms with Crippen molar-refractivity contribution >= 4 is 13.8 Å². The lowest BCUT2D eigenvalue weighted by Crippen LogP contribution is -2.64. The molecule has 1 aliphatic carbocycles. The summed E-state index contributed by atoms with van der Waals surface area (Å²) >= 11 is 0. The molecule has 0 spiro atoms. The maximum atomic E-state index is 12.8. The molecule has 0 radical (unpaired) electrons. The Morgan fingerprint density at radius 1 is 0.542 bits per heavy atom. The first-order chi connectivity index (χ1) is 28.5. The molecule has 1 rings (SSSR count). The molecule has 6 unspecified atom stereocenters. The van der Waals surface area contributed by atoms with Crippen LogP contribution in [0.1, 0.15) is 200 Å². The molecule has 0 aromatic heterocycles. The zero-order valence-corrected chi connectivity index (χ0v) is 38.0. The maximum Gasteiger partial charge on any atom is 0.472 e. The molecule has 13 heteroatoms. The van der Waals surface area contributed by atoms with E-state index < -0.39 is 63.1 Å². The maximum absolute atomic E-state index is 12.8. The first-order valence-corrected chi connectivity index (χ1v) is 25.2. The lowest BCUT2D eigenvalue weighted by Gasteiger charge is -2.41. The van der Waals surface area contributed by atoms with Crippen molar-refractivity contribution in [2.45, 2.75) is 243 Å². The van der Waals surface area contributed by atoms with E-state index in [0.717, 1.165) is 64.2 Å². The summed E-state index contributed by atoms with van der Waals surface area (Å²) in [5, 5.41) is 50.2. The third kappa shape index (κ3) is 29.7. The van der Waals surface area contributed by atoms with Crippen molar-refractivity contribution in [1.29, 1.82) is 0 Å². The number of unbranched alkanes of at least 4 members (excludes halogenated alkanes) is 24. The van der Waals surface area contributed by atoms with E-state index in [-0.39, 0.29) is 13.0 Å². The number of rotatable bonds is 40. The number of aliphatic hydroxyl groups excluding tert-OH is 5. The summed E-state index contributed by atoms with van der Waals surface area (Å²) in [6.45, 7) is 4.25. The number of hydrogen-bond acceptors (Lipinski definition) is 11. The van der Waals surface area contributed by atoms with Gasteiger partial charge in [-0.05, 0) is 44.9 Å². The lowest BCUT2D eigenvalue weighted by atomic mass is 9.85. The van der Waals surface area contributed by atoms with Crippen LogP contribution in [0.5, 0.6) is 0 Å². The number of phosphoric acid groups is 1. The highest BCUT2D eigenvalue weighted by Crippen LogP contribution is 2.47. The lowest BCUT2D eigenvalue weighted by molar-refractivity contribution is -0.220. The van der Waals surface area contributed by atoms with Crippen LogP contribution in [0, 0.1) is 0 Å². The Labute approximate surface area is 358 Å². The fourth-order valence-electron chi connectivity index (χ4n) is 7.27. The SMILES string of the molecule is CCCCCC/C=C\C/C=C\CCCCCCCC(=O)OC(COCCCCCCCCCCCCCCCCCC)COP(=O)(O)OC1C(O)C(O)C(O)C(O)C1O. The van der Waals surface area contributed by atoms with E-state index in [1.165, 1.54) is 109 Å². The summed E-state index contributed by atoms with van der Waals surface area (Å²) in [7, 11) is -5.02. The van der Waals surface area contributed by atoms with E-state index in [1.807, 2.05) is 0 Å². The van der Waals surface area contributed by atoms with E-state index in [1.54, 1.807) is 0 Å². The van der Waals surface area contributed by atoms with Crippen LogP contribution < -0.4 is 0 Å². The zero-order chi connectivity index (χ0) is 43.4. The van der Waals surface area contributed by atoms with Crippen LogP contribution in [0.25, 0.3) is 0 Å². The van der Waals surface area contributed by atoms with E-state index in [0.29, 0.717) is 13.0 Å². The number of phosphoric ester groups is 1. The molecule has 1 aliphatic rings. The van der Waals surface area contributed by atoms with Gasteiger partial charge in [0.25, 0.3) is 0 Å². The predicted octanol–water partition coefficient (Wildman–Crippen LogP) is 9.70. The normalized spacial score (nSPS) is 22.6. The first-order valence-electron chi connectivity index (χ1n) is 23.7. The van der Waals surface area contributed by atoms with Crippen molar-refractivity contribution in [3.63, 3.8) is 0 Å². The molecule has 1 fully saturated rings. The van der Waals surface area contributed by atoms with Crippen molar-refractivity contribution in [2.75, 3.05) is 19.8 Å². The van der Waals surface area contributed by atoms with E-state index >= 15 is 0 Å². The number of hydrogen-bond donors (Lipinski definition) is 6. The Morgan fingerprint density at radius 2 is 0.949 bits per heavy atom. The molecule has 12 nitrogen and oxygen atoms in total. The van der Waals surface area contributed by atoms with E-state index in [9.17, 15) is 39.8 Å². The number of ether oxygens (including phenoxy) is 2. The third-order valence-electron chi connectivity index (χ3n) is 11.1. The van der Waals surface area contributed by atoms with Crippen LogP contribution >= 0.6 is 7.82 Å². The number of carbonyl (C=O) groups is 1. The topological polar surface area (TPSA) is 192 Å². The van der Waals surface area contributed by atoms with Crippen LogP contribution in [0.4, 0.5) is 0 Å². The first kappa shape index (κ1) is 55.8. The van der Waals surface area contributed by atoms with Gasteiger partial charge in [0.15, 0.2) is 0 Å². The molecule has 6 atom stereocenters. The molecular formula is C46H87O12P. The average Bonchev–Trinajstić information content (AvgIpc) is 3.22. The second-order valence-electron chi connectivity index (χ2n) is 16.6. The summed E-state index contributed by atoms with van der Waals surface area (Å²) in [4.78, 5) is 23.2. The van der Waals surface area contributed by atoms with Gasteiger partial charge in [-0.2, -0.15) is 0 Å². The minimum Gasteiger partial charge on any atom is -0.457 e. The van der Waals surface area contributed by atoms with Gasteiger partial charge in [0.1, 0.15) is 42.7 Å². The molecule has 0 aromatic carbocycles. The highest BCUT2D eigenvalue weighted by atomic mass is 31.2. The fraction of sp³-hybridized carbons (Fsp3) is 0.891. The largest absolute Gasteiger partial charge is 0.472 e.